The van der Waals surface area contributed by atoms with Gasteiger partial charge in [0.05, 0.1) is 18.9 Å². The Balaban J connectivity index is 1.34. The Morgan fingerprint density at radius 1 is 1.32 bits per heavy atom. The van der Waals surface area contributed by atoms with Crippen LogP contribution >= 0.6 is 0 Å². The maximum Gasteiger partial charge on any atom is 0.328 e. The van der Waals surface area contributed by atoms with E-state index in [1.54, 1.807) is 12.0 Å². The molecule has 0 aromatic carbocycles. The van der Waals surface area contributed by atoms with E-state index in [9.17, 15) is 19.6 Å². The van der Waals surface area contributed by atoms with Crippen LogP contribution in [-0.2, 0) is 27.2 Å². The standard InChI is InChI=1S/C26H28N6O6/c1-36-20-4-5-21(20)38-22-10-23(28-12-18(22)11-27)30-26(35)32-6-2-3-16-9-17(19(14-33)29-25(16)32)13-31-7-8-37-15-24(31)34/h9-10,12,14,20-21H,2-8,13,15H2,1H3,(H,28,30,35)/t20-,21?/m0/s1. The molecule has 4 heterocycles. The Kier molecular flexibility index (Phi) is 7.48. The number of carbonyl (C=O) groups is 3. The lowest BCUT2D eigenvalue weighted by Crippen LogP contribution is -2.43. The lowest BCUT2D eigenvalue weighted by atomic mass is 9.92. The fourth-order valence-corrected chi connectivity index (χ4v) is 4.78. The zero-order valence-electron chi connectivity index (χ0n) is 21.0. The summed E-state index contributed by atoms with van der Waals surface area (Å²) in [7, 11) is 1.62. The third-order valence-electron chi connectivity index (χ3n) is 7.03. The predicted octanol–water partition coefficient (Wildman–Crippen LogP) is 2.06. The Labute approximate surface area is 219 Å². The third-order valence-corrected chi connectivity index (χ3v) is 7.03. The van der Waals surface area contributed by atoms with Crippen molar-refractivity contribution in [2.75, 3.05) is 43.6 Å². The first kappa shape index (κ1) is 25.6. The van der Waals surface area contributed by atoms with Crippen molar-refractivity contribution in [2.24, 2.45) is 0 Å². The number of aromatic nitrogens is 2. The molecule has 1 saturated carbocycles. The number of nitrogens with one attached hydrogen (secondary N) is 1. The third kappa shape index (κ3) is 5.16. The van der Waals surface area contributed by atoms with Crippen LogP contribution in [0.25, 0.3) is 0 Å². The summed E-state index contributed by atoms with van der Waals surface area (Å²) in [6.07, 6.45) is 4.87. The van der Waals surface area contributed by atoms with Crippen LogP contribution in [0.3, 0.4) is 0 Å². The maximum atomic E-state index is 13.3. The van der Waals surface area contributed by atoms with Crippen LogP contribution in [0.15, 0.2) is 18.3 Å². The van der Waals surface area contributed by atoms with Gasteiger partial charge in [0.15, 0.2) is 6.29 Å². The van der Waals surface area contributed by atoms with Crippen LogP contribution in [0.2, 0.25) is 0 Å². The topological polar surface area (TPSA) is 147 Å². The van der Waals surface area contributed by atoms with E-state index in [2.05, 4.69) is 21.4 Å². The van der Waals surface area contributed by atoms with Crippen molar-refractivity contribution in [3.8, 4) is 11.8 Å². The molecule has 5 rings (SSSR count). The Morgan fingerprint density at radius 2 is 2.16 bits per heavy atom. The summed E-state index contributed by atoms with van der Waals surface area (Å²) in [4.78, 5) is 49.2. The molecule has 12 nitrogen and oxygen atoms in total. The average molecular weight is 521 g/mol. The van der Waals surface area contributed by atoms with Gasteiger partial charge in [-0.3, -0.25) is 19.8 Å². The highest BCUT2D eigenvalue weighted by atomic mass is 16.5. The monoisotopic (exact) mass is 520 g/mol. The Bertz CT molecular complexity index is 1290. The number of morpholine rings is 1. The molecule has 0 bridgehead atoms. The highest BCUT2D eigenvalue weighted by Crippen LogP contribution is 2.32. The molecule has 2 aromatic heterocycles. The number of anilines is 2. The van der Waals surface area contributed by atoms with E-state index in [-0.39, 0.29) is 48.3 Å². The molecule has 1 aliphatic carbocycles. The fraction of sp³-hybridized carbons (Fsp3) is 0.462. The van der Waals surface area contributed by atoms with Crippen LogP contribution in [0.5, 0.6) is 5.75 Å². The molecular weight excluding hydrogens is 492 g/mol. The largest absolute Gasteiger partial charge is 0.486 e. The summed E-state index contributed by atoms with van der Waals surface area (Å²) in [6.45, 7) is 1.57. The van der Waals surface area contributed by atoms with Gasteiger partial charge in [0.2, 0.25) is 5.91 Å². The van der Waals surface area contributed by atoms with Crippen LogP contribution < -0.4 is 15.0 Å². The van der Waals surface area contributed by atoms with Crippen molar-refractivity contribution in [1.29, 1.82) is 5.26 Å². The first-order chi connectivity index (χ1) is 18.5. The minimum absolute atomic E-state index is 0.0203. The fourth-order valence-electron chi connectivity index (χ4n) is 4.78. The van der Waals surface area contributed by atoms with Crippen molar-refractivity contribution in [1.82, 2.24) is 14.9 Å². The number of aryl methyl sites for hydroxylation is 1. The van der Waals surface area contributed by atoms with Gasteiger partial charge in [0.1, 0.15) is 47.4 Å². The number of urea groups is 1. The van der Waals surface area contributed by atoms with Crippen molar-refractivity contribution in [2.45, 2.75) is 44.4 Å². The van der Waals surface area contributed by atoms with E-state index in [4.69, 9.17) is 14.2 Å². The van der Waals surface area contributed by atoms with Gasteiger partial charge in [-0.25, -0.2) is 14.8 Å². The number of rotatable bonds is 7. The number of nitriles is 1. The zero-order valence-corrected chi connectivity index (χ0v) is 21.0. The van der Waals surface area contributed by atoms with Crippen molar-refractivity contribution < 1.29 is 28.6 Å². The van der Waals surface area contributed by atoms with Crippen molar-refractivity contribution in [3.63, 3.8) is 0 Å². The second kappa shape index (κ2) is 11.1. The lowest BCUT2D eigenvalue weighted by molar-refractivity contribution is -0.143. The molecule has 198 valence electrons. The van der Waals surface area contributed by atoms with Gasteiger partial charge in [0, 0.05) is 38.4 Å². The molecule has 2 aromatic rings. The molecule has 1 unspecified atom stereocenters. The number of carbonyl (C=O) groups excluding carboxylic acids is 3. The summed E-state index contributed by atoms with van der Waals surface area (Å²) < 4.78 is 16.5. The molecule has 3 amide bonds. The van der Waals surface area contributed by atoms with E-state index in [1.165, 1.54) is 17.2 Å². The molecular formula is C26H28N6O6. The molecule has 3 aliphatic rings. The molecule has 1 N–H and O–H groups in total. The number of nitrogens with zero attached hydrogens (tertiary/aromatic N) is 5. The summed E-state index contributed by atoms with van der Waals surface area (Å²) in [5.41, 5.74) is 1.90. The minimum atomic E-state index is -0.465. The molecule has 2 aliphatic heterocycles. The van der Waals surface area contributed by atoms with Gasteiger partial charge in [-0.1, -0.05) is 0 Å². The van der Waals surface area contributed by atoms with Crippen LogP contribution in [0, 0.1) is 11.3 Å². The number of hydrogen-bond acceptors (Lipinski definition) is 9. The van der Waals surface area contributed by atoms with Gasteiger partial charge >= 0.3 is 6.03 Å². The summed E-state index contributed by atoms with van der Waals surface area (Å²) in [5, 5.41) is 12.2. The second-order valence-electron chi connectivity index (χ2n) is 9.37. The Hall–Kier alpha value is -4.08. The van der Waals surface area contributed by atoms with E-state index < -0.39 is 6.03 Å². The lowest BCUT2D eigenvalue weighted by Gasteiger charge is -2.35. The van der Waals surface area contributed by atoms with Crippen molar-refractivity contribution in [3.05, 3.63) is 40.7 Å². The summed E-state index contributed by atoms with van der Waals surface area (Å²) in [5.74, 6) is 0.810. The number of hydrogen-bond donors (Lipinski definition) is 1. The zero-order chi connectivity index (χ0) is 26.6. The minimum Gasteiger partial charge on any atom is -0.486 e. The molecule has 2 atom stereocenters. The summed E-state index contributed by atoms with van der Waals surface area (Å²) >= 11 is 0. The van der Waals surface area contributed by atoms with Gasteiger partial charge in [-0.2, -0.15) is 5.26 Å². The first-order valence-electron chi connectivity index (χ1n) is 12.5. The second-order valence-corrected chi connectivity index (χ2v) is 9.37. The van der Waals surface area contributed by atoms with E-state index in [1.807, 2.05) is 6.07 Å². The highest BCUT2D eigenvalue weighted by Gasteiger charge is 2.34. The predicted molar refractivity (Wildman–Crippen MR) is 134 cm³/mol. The quantitative estimate of drug-likeness (QED) is 0.542. The molecule has 0 radical (unpaired) electrons. The number of fused-ring (bicyclic) bond motifs is 1. The van der Waals surface area contributed by atoms with E-state index in [0.717, 1.165) is 18.4 Å². The normalized spacial score (nSPS) is 20.7. The first-order valence-corrected chi connectivity index (χ1v) is 12.5. The van der Waals surface area contributed by atoms with E-state index in [0.29, 0.717) is 56.0 Å². The molecule has 38 heavy (non-hydrogen) atoms. The number of pyridine rings is 2. The van der Waals surface area contributed by atoms with Gasteiger partial charge in [-0.15, -0.1) is 0 Å². The van der Waals surface area contributed by atoms with Gasteiger partial charge in [-0.05, 0) is 37.3 Å². The number of methoxy groups -OCH3 is 1. The summed E-state index contributed by atoms with van der Waals surface area (Å²) in [6, 6.07) is 4.98. The molecule has 0 spiro atoms. The van der Waals surface area contributed by atoms with Gasteiger partial charge in [0.25, 0.3) is 0 Å². The number of amides is 3. The number of ether oxygens (including phenoxy) is 3. The smallest absolute Gasteiger partial charge is 0.328 e. The molecule has 2 fully saturated rings. The van der Waals surface area contributed by atoms with Gasteiger partial charge < -0.3 is 19.1 Å². The number of aldehydes is 1. The SMILES string of the molecule is CO[C@H]1CCC1Oc1cc(NC(=O)N2CCCc3cc(CN4CCOCC4=O)c(C=O)nc32)ncc1C#N. The average Bonchev–Trinajstić information content (AvgIpc) is 2.92. The van der Waals surface area contributed by atoms with E-state index >= 15 is 0 Å². The highest BCUT2D eigenvalue weighted by molar-refractivity contribution is 6.01. The van der Waals surface area contributed by atoms with Crippen LogP contribution in [0.1, 0.15) is 46.4 Å². The maximum absolute atomic E-state index is 13.3. The van der Waals surface area contributed by atoms with Crippen LogP contribution in [0.4, 0.5) is 16.4 Å². The Morgan fingerprint density at radius 3 is 2.87 bits per heavy atom. The molecule has 12 heteroatoms. The van der Waals surface area contributed by atoms with Crippen molar-refractivity contribution >= 4 is 29.9 Å². The van der Waals surface area contributed by atoms with Crippen LogP contribution in [-0.4, -0.2) is 78.7 Å². The molecule has 1 saturated heterocycles.